The monoisotopic (exact) mass is 288 g/mol. The maximum atomic E-state index is 5.58. The van der Waals surface area contributed by atoms with Crippen LogP contribution >= 0.6 is 11.6 Å². The Kier molecular flexibility index (Phi) is 28.1. The maximum absolute atomic E-state index is 5.58. The zero-order valence-corrected chi connectivity index (χ0v) is 14.3. The molecule has 0 spiro atoms. The van der Waals surface area contributed by atoms with Gasteiger partial charge in [-0.3, -0.25) is 0 Å². The molecule has 1 unspecified atom stereocenters. The molecule has 114 valence electrons. The Morgan fingerprint density at radius 1 is 1.26 bits per heavy atom. The van der Waals surface area contributed by atoms with Crippen molar-refractivity contribution in [1.82, 2.24) is 0 Å². The fraction of sp³-hybridized carbons (Fsp3) is 0.647. The average Bonchev–Trinajstić information content (AvgIpc) is 2.48. The van der Waals surface area contributed by atoms with Gasteiger partial charge in [0, 0.05) is 12.5 Å². The largest absolute Gasteiger partial charge is 0.377 e. The van der Waals surface area contributed by atoms with Crippen LogP contribution in [0.2, 0.25) is 0 Å². The fourth-order valence-electron chi connectivity index (χ4n) is 0.878. The van der Waals surface area contributed by atoms with Crippen molar-refractivity contribution in [2.75, 3.05) is 12.5 Å². The van der Waals surface area contributed by atoms with E-state index >= 15 is 0 Å². The van der Waals surface area contributed by atoms with Gasteiger partial charge in [0.25, 0.3) is 0 Å². The molecule has 19 heavy (non-hydrogen) atoms. The van der Waals surface area contributed by atoms with Gasteiger partial charge in [-0.25, -0.2) is 0 Å². The van der Waals surface area contributed by atoms with Crippen LogP contribution in [0.4, 0.5) is 0 Å². The molecule has 0 aromatic rings. The number of rotatable bonds is 8. The zero-order valence-electron chi connectivity index (χ0n) is 13.5. The van der Waals surface area contributed by atoms with Crippen molar-refractivity contribution in [3.05, 3.63) is 37.0 Å². The number of hydrogen-bond acceptors (Lipinski definition) is 1. The van der Waals surface area contributed by atoms with E-state index in [1.54, 1.807) is 6.08 Å². The van der Waals surface area contributed by atoms with Gasteiger partial charge < -0.3 is 4.74 Å². The van der Waals surface area contributed by atoms with E-state index in [-0.39, 0.29) is 6.10 Å². The second-order valence-corrected chi connectivity index (χ2v) is 3.97. The second kappa shape index (κ2) is 22.6. The molecule has 0 bridgehead atoms. The van der Waals surface area contributed by atoms with Crippen LogP contribution in [0.1, 0.15) is 53.9 Å². The van der Waals surface area contributed by atoms with Crippen molar-refractivity contribution < 1.29 is 4.74 Å². The predicted octanol–water partition coefficient (Wildman–Crippen LogP) is 6.15. The van der Waals surface area contributed by atoms with Gasteiger partial charge in [0.15, 0.2) is 0 Å². The van der Waals surface area contributed by atoms with E-state index in [0.717, 1.165) is 31.4 Å². The van der Waals surface area contributed by atoms with Gasteiger partial charge in [0.2, 0.25) is 0 Å². The van der Waals surface area contributed by atoms with Crippen molar-refractivity contribution in [1.29, 1.82) is 0 Å². The Labute approximate surface area is 126 Å². The van der Waals surface area contributed by atoms with Crippen molar-refractivity contribution in [3.63, 3.8) is 0 Å². The van der Waals surface area contributed by atoms with Crippen LogP contribution in [0, 0.1) is 0 Å². The quantitative estimate of drug-likeness (QED) is 0.384. The highest BCUT2D eigenvalue weighted by Crippen LogP contribution is 2.00. The lowest BCUT2D eigenvalue weighted by atomic mass is 10.2. The summed E-state index contributed by atoms with van der Waals surface area (Å²) in [6.45, 7) is 18.4. The van der Waals surface area contributed by atoms with Gasteiger partial charge in [0.1, 0.15) is 0 Å². The highest BCUT2D eigenvalue weighted by molar-refractivity contribution is 6.18. The van der Waals surface area contributed by atoms with Crippen LogP contribution in [0.3, 0.4) is 0 Å². The summed E-state index contributed by atoms with van der Waals surface area (Å²) in [6, 6.07) is 0. The third kappa shape index (κ3) is 23.0. The summed E-state index contributed by atoms with van der Waals surface area (Å²) in [6.07, 6.45) is 8.99. The van der Waals surface area contributed by atoms with Crippen LogP contribution in [0.5, 0.6) is 0 Å². The van der Waals surface area contributed by atoms with E-state index in [2.05, 4.69) is 33.9 Å². The summed E-state index contributed by atoms with van der Waals surface area (Å²) in [7, 11) is 0. The molecular weight excluding hydrogens is 256 g/mol. The molecule has 0 aliphatic rings. The van der Waals surface area contributed by atoms with E-state index < -0.39 is 0 Å². The normalized spacial score (nSPS) is 10.8. The van der Waals surface area contributed by atoms with E-state index in [0.29, 0.717) is 5.88 Å². The van der Waals surface area contributed by atoms with E-state index in [1.807, 2.05) is 26.0 Å². The van der Waals surface area contributed by atoms with Crippen molar-refractivity contribution >= 4 is 11.6 Å². The lowest BCUT2D eigenvalue weighted by molar-refractivity contribution is 0.0665. The van der Waals surface area contributed by atoms with E-state index in [4.69, 9.17) is 16.3 Å². The van der Waals surface area contributed by atoms with E-state index in [1.165, 1.54) is 0 Å². The molecule has 0 saturated carbocycles. The first-order chi connectivity index (χ1) is 9.15. The number of ether oxygens (including phenoxy) is 1. The molecule has 0 aromatic heterocycles. The number of alkyl halides is 1. The van der Waals surface area contributed by atoms with Crippen molar-refractivity contribution in [2.24, 2.45) is 0 Å². The first-order valence-corrected chi connectivity index (χ1v) is 7.83. The molecule has 0 heterocycles. The molecule has 0 aliphatic carbocycles. The molecular formula is C17H33ClO. The van der Waals surface area contributed by atoms with Gasteiger partial charge in [-0.15, -0.1) is 11.6 Å². The summed E-state index contributed by atoms with van der Waals surface area (Å²) < 4.78 is 5.36. The van der Waals surface area contributed by atoms with Gasteiger partial charge in [0.05, 0.1) is 6.10 Å². The first-order valence-electron chi connectivity index (χ1n) is 7.30. The van der Waals surface area contributed by atoms with Gasteiger partial charge in [-0.05, 0) is 19.3 Å². The average molecular weight is 289 g/mol. The molecule has 0 fully saturated rings. The smallest absolute Gasteiger partial charge is 0.0707 e. The molecule has 1 nitrogen and oxygen atoms in total. The molecule has 2 heteroatoms. The van der Waals surface area contributed by atoms with Crippen LogP contribution in [0.25, 0.3) is 0 Å². The number of hydrogen-bond donors (Lipinski definition) is 0. The number of allylic oxidation sites excluding steroid dienone is 4. The molecule has 0 saturated heterocycles. The van der Waals surface area contributed by atoms with Crippen LogP contribution in [-0.4, -0.2) is 18.6 Å². The first kappa shape index (κ1) is 23.6. The van der Waals surface area contributed by atoms with E-state index in [9.17, 15) is 0 Å². The Morgan fingerprint density at radius 3 is 2.16 bits per heavy atom. The highest BCUT2D eigenvalue weighted by atomic mass is 35.5. The molecule has 0 aromatic carbocycles. The van der Waals surface area contributed by atoms with Crippen LogP contribution in [0.15, 0.2) is 37.0 Å². The Balaban J connectivity index is -0.000000239. The molecule has 0 radical (unpaired) electrons. The summed E-state index contributed by atoms with van der Waals surface area (Å²) in [4.78, 5) is 0. The Hall–Kier alpha value is -0.530. The standard InChI is InChI=1S/C8H12.C7H15ClO.C2H6/c1-4-6-7-8(3)5-2;1-3-5-9-7(4-2)6-8;1-2/h4,6-7H,1,3,5H2,2H3;7H,3-6H2,1-2H3;1-2H3/b7-6-;;. The SMILES string of the molecule is C=C/C=C\C(=C)CC.CC.CCCOC(CC)CCl. The second-order valence-electron chi connectivity index (χ2n) is 3.66. The van der Waals surface area contributed by atoms with Crippen LogP contribution < -0.4 is 0 Å². The minimum Gasteiger partial charge on any atom is -0.377 e. The Bertz CT molecular complexity index is 205. The van der Waals surface area contributed by atoms with Gasteiger partial charge >= 0.3 is 0 Å². The highest BCUT2D eigenvalue weighted by Gasteiger charge is 2.01. The van der Waals surface area contributed by atoms with Crippen LogP contribution in [-0.2, 0) is 4.74 Å². The predicted molar refractivity (Wildman–Crippen MR) is 91.2 cm³/mol. The summed E-state index contributed by atoms with van der Waals surface area (Å²) in [5.41, 5.74) is 1.14. The number of halogens is 1. The zero-order chi connectivity index (χ0) is 15.5. The molecule has 0 aliphatic heterocycles. The summed E-state index contributed by atoms with van der Waals surface area (Å²) in [5.74, 6) is 0.622. The minimum absolute atomic E-state index is 0.270. The van der Waals surface area contributed by atoms with Crippen molar-refractivity contribution in [3.8, 4) is 0 Å². The summed E-state index contributed by atoms with van der Waals surface area (Å²) >= 11 is 5.58. The molecule has 1 atom stereocenters. The maximum Gasteiger partial charge on any atom is 0.0707 e. The minimum atomic E-state index is 0.270. The molecule has 0 amide bonds. The van der Waals surface area contributed by atoms with Gasteiger partial charge in [-0.2, -0.15) is 0 Å². The van der Waals surface area contributed by atoms with Crippen molar-refractivity contribution in [2.45, 2.75) is 60.0 Å². The summed E-state index contributed by atoms with van der Waals surface area (Å²) in [5, 5.41) is 0. The molecule has 0 N–H and O–H groups in total. The lowest BCUT2D eigenvalue weighted by Gasteiger charge is -2.10. The third-order valence-electron chi connectivity index (χ3n) is 2.11. The molecule has 0 rings (SSSR count). The van der Waals surface area contributed by atoms with Gasteiger partial charge in [-0.1, -0.05) is 71.6 Å². The Morgan fingerprint density at radius 2 is 1.84 bits per heavy atom. The third-order valence-corrected chi connectivity index (χ3v) is 2.45. The lowest BCUT2D eigenvalue weighted by Crippen LogP contribution is -2.13. The topological polar surface area (TPSA) is 9.23 Å². The fourth-order valence-corrected chi connectivity index (χ4v) is 1.19.